The maximum atomic E-state index is 12.1. The predicted molar refractivity (Wildman–Crippen MR) is 174 cm³/mol. The van der Waals surface area contributed by atoms with Crippen molar-refractivity contribution < 1.29 is 19.1 Å². The Morgan fingerprint density at radius 3 is 1.30 bits per heavy atom. The summed E-state index contributed by atoms with van der Waals surface area (Å²) in [5.41, 5.74) is 9.07. The molecule has 0 aromatic heterocycles. The zero-order valence-corrected chi connectivity index (χ0v) is 24.7. The highest BCUT2D eigenvalue weighted by molar-refractivity contribution is 5.83. The largest absolute Gasteiger partial charge is 0.489 e. The molecule has 0 atom stereocenters. The lowest BCUT2D eigenvalue weighted by molar-refractivity contribution is -0.122. The Balaban J connectivity index is 1.01. The van der Waals surface area contributed by atoms with Gasteiger partial charge in [0.15, 0.2) is 0 Å². The molecule has 0 aliphatic rings. The number of carbonyl (C=O) groups excluding carboxylic acids is 2. The van der Waals surface area contributed by atoms with Crippen molar-refractivity contribution in [3.8, 4) is 11.5 Å². The van der Waals surface area contributed by atoms with Gasteiger partial charge in [0.2, 0.25) is 11.8 Å². The van der Waals surface area contributed by atoms with Crippen molar-refractivity contribution in [3.05, 3.63) is 131 Å². The van der Waals surface area contributed by atoms with Crippen LogP contribution in [-0.2, 0) is 22.8 Å². The minimum absolute atomic E-state index is 0.132. The molecule has 0 fully saturated rings. The zero-order chi connectivity index (χ0) is 30.7. The third-order valence-corrected chi connectivity index (χ3v) is 6.62. The Hall–Kier alpha value is -5.24. The number of amides is 2. The van der Waals surface area contributed by atoms with Crippen molar-refractivity contribution >= 4 is 24.2 Å². The smallest absolute Gasteiger partial charge is 0.240 e. The number of nitrogens with one attached hydrogen (secondary N) is 2. The van der Waals surface area contributed by atoms with Crippen LogP contribution in [0.1, 0.15) is 60.8 Å². The van der Waals surface area contributed by atoms with E-state index in [1.807, 2.05) is 109 Å². The van der Waals surface area contributed by atoms with Gasteiger partial charge >= 0.3 is 0 Å². The molecular weight excluding hydrogens is 552 g/mol. The molecule has 44 heavy (non-hydrogen) atoms. The zero-order valence-electron chi connectivity index (χ0n) is 24.7. The summed E-state index contributed by atoms with van der Waals surface area (Å²) in [7, 11) is 0. The van der Waals surface area contributed by atoms with E-state index >= 15 is 0 Å². The van der Waals surface area contributed by atoms with Crippen molar-refractivity contribution in [1.82, 2.24) is 10.9 Å². The molecule has 2 N–H and O–H groups in total. The van der Waals surface area contributed by atoms with Gasteiger partial charge in [0.1, 0.15) is 24.7 Å². The van der Waals surface area contributed by atoms with Crippen LogP contribution in [0.3, 0.4) is 0 Å². The Bertz CT molecular complexity index is 1360. The van der Waals surface area contributed by atoms with Gasteiger partial charge in [-0.1, -0.05) is 73.5 Å². The Labute approximate surface area is 258 Å². The molecule has 0 spiro atoms. The molecule has 0 saturated heterocycles. The predicted octanol–water partition coefficient (Wildman–Crippen LogP) is 6.79. The van der Waals surface area contributed by atoms with Crippen LogP contribution in [0.5, 0.6) is 11.5 Å². The molecule has 4 aromatic carbocycles. The second-order valence-electron chi connectivity index (χ2n) is 10.2. The highest BCUT2D eigenvalue weighted by Crippen LogP contribution is 2.15. The van der Waals surface area contributed by atoms with E-state index < -0.39 is 0 Å². The van der Waals surface area contributed by atoms with E-state index in [2.05, 4.69) is 21.1 Å². The molecule has 226 valence electrons. The number of hydrazone groups is 2. The van der Waals surface area contributed by atoms with Crippen LogP contribution in [-0.4, -0.2) is 24.2 Å². The van der Waals surface area contributed by atoms with Crippen LogP contribution < -0.4 is 20.3 Å². The van der Waals surface area contributed by atoms with Gasteiger partial charge < -0.3 is 9.47 Å². The minimum Gasteiger partial charge on any atom is -0.489 e. The molecule has 2 amide bonds. The molecule has 0 unspecified atom stereocenters. The average molecular weight is 591 g/mol. The van der Waals surface area contributed by atoms with Crippen LogP contribution >= 0.6 is 0 Å². The summed E-state index contributed by atoms with van der Waals surface area (Å²) in [5, 5.41) is 8.08. The van der Waals surface area contributed by atoms with E-state index in [9.17, 15) is 9.59 Å². The number of nitrogens with zero attached hydrogens (tertiary/aromatic N) is 2. The number of rotatable bonds is 17. The second kappa shape index (κ2) is 18.3. The Kier molecular flexibility index (Phi) is 13.2. The number of unbranched alkanes of at least 4 members (excludes halogenated alkanes) is 3. The van der Waals surface area contributed by atoms with Gasteiger partial charge in [-0.2, -0.15) is 10.2 Å². The molecule has 8 heteroatoms. The first-order valence-corrected chi connectivity index (χ1v) is 14.8. The van der Waals surface area contributed by atoms with Crippen molar-refractivity contribution in [3.63, 3.8) is 0 Å². The van der Waals surface area contributed by atoms with E-state index in [1.54, 1.807) is 12.4 Å². The van der Waals surface area contributed by atoms with E-state index in [0.717, 1.165) is 59.4 Å². The van der Waals surface area contributed by atoms with Crippen LogP contribution in [0, 0.1) is 0 Å². The SMILES string of the molecule is O=C(CCCCCCC(=O)N/N=C/c1ccc(OCc2ccccc2)cc1)N/N=C/c1ccc(OCc2ccccc2)cc1. The quantitative estimate of drug-likeness (QED) is 0.0804. The summed E-state index contributed by atoms with van der Waals surface area (Å²) in [4.78, 5) is 24.1. The van der Waals surface area contributed by atoms with Crippen molar-refractivity contribution in [1.29, 1.82) is 0 Å². The number of benzene rings is 4. The number of hydrogen-bond acceptors (Lipinski definition) is 6. The fourth-order valence-corrected chi connectivity index (χ4v) is 4.18. The molecule has 0 aliphatic carbocycles. The van der Waals surface area contributed by atoms with E-state index in [-0.39, 0.29) is 11.8 Å². The highest BCUT2D eigenvalue weighted by Gasteiger charge is 2.03. The van der Waals surface area contributed by atoms with E-state index in [4.69, 9.17) is 9.47 Å². The molecular formula is C36H38N4O4. The summed E-state index contributed by atoms with van der Waals surface area (Å²) in [6.07, 6.45) is 7.17. The maximum absolute atomic E-state index is 12.1. The first-order chi connectivity index (χ1) is 21.6. The summed E-state index contributed by atoms with van der Waals surface area (Å²) < 4.78 is 11.6. The normalized spacial score (nSPS) is 11.0. The average Bonchev–Trinajstić information content (AvgIpc) is 3.06. The summed E-state index contributed by atoms with van der Waals surface area (Å²) in [5.74, 6) is 1.28. The number of ether oxygens (including phenoxy) is 2. The third-order valence-electron chi connectivity index (χ3n) is 6.62. The Morgan fingerprint density at radius 2 is 0.909 bits per heavy atom. The van der Waals surface area contributed by atoms with E-state index in [1.165, 1.54) is 0 Å². The lowest BCUT2D eigenvalue weighted by Crippen LogP contribution is -2.17. The first-order valence-electron chi connectivity index (χ1n) is 14.8. The van der Waals surface area contributed by atoms with Gasteiger partial charge in [-0.05, 0) is 83.6 Å². The maximum Gasteiger partial charge on any atom is 0.240 e. The summed E-state index contributed by atoms with van der Waals surface area (Å²) in [6, 6.07) is 35.0. The lowest BCUT2D eigenvalue weighted by Gasteiger charge is -2.06. The molecule has 0 saturated carbocycles. The fourth-order valence-electron chi connectivity index (χ4n) is 4.18. The molecule has 4 aromatic rings. The van der Waals surface area contributed by atoms with E-state index in [0.29, 0.717) is 26.1 Å². The van der Waals surface area contributed by atoms with Crippen molar-refractivity contribution in [2.75, 3.05) is 0 Å². The fraction of sp³-hybridized carbons (Fsp3) is 0.222. The molecule has 0 heterocycles. The number of carbonyl (C=O) groups is 2. The van der Waals surface area contributed by atoms with Gasteiger partial charge in [-0.15, -0.1) is 0 Å². The van der Waals surface area contributed by atoms with Crippen molar-refractivity contribution in [2.45, 2.75) is 51.7 Å². The summed E-state index contributed by atoms with van der Waals surface area (Å²) >= 11 is 0. The van der Waals surface area contributed by atoms with Gasteiger partial charge in [0, 0.05) is 12.8 Å². The topological polar surface area (TPSA) is 101 Å². The summed E-state index contributed by atoms with van der Waals surface area (Å²) in [6.45, 7) is 1.02. The molecule has 0 bridgehead atoms. The lowest BCUT2D eigenvalue weighted by atomic mass is 10.1. The monoisotopic (exact) mass is 590 g/mol. The minimum atomic E-state index is -0.132. The highest BCUT2D eigenvalue weighted by atomic mass is 16.5. The van der Waals surface area contributed by atoms with Crippen LogP contribution in [0.4, 0.5) is 0 Å². The first kappa shape index (κ1) is 31.7. The third kappa shape index (κ3) is 12.3. The van der Waals surface area contributed by atoms with Crippen LogP contribution in [0.2, 0.25) is 0 Å². The van der Waals surface area contributed by atoms with Crippen LogP contribution in [0.25, 0.3) is 0 Å². The molecule has 0 aliphatic heterocycles. The molecule has 8 nitrogen and oxygen atoms in total. The van der Waals surface area contributed by atoms with Crippen molar-refractivity contribution in [2.24, 2.45) is 10.2 Å². The Morgan fingerprint density at radius 1 is 0.523 bits per heavy atom. The van der Waals surface area contributed by atoms with Gasteiger partial charge in [-0.25, -0.2) is 10.9 Å². The second-order valence-corrected chi connectivity index (χ2v) is 10.2. The standard InChI is InChI=1S/C36H38N4O4/c41-35(39-37-25-29-17-21-33(22-18-29)43-27-31-11-5-3-6-12-31)15-9-1-2-10-16-36(42)40-38-26-30-19-23-34(24-20-30)44-28-32-13-7-4-8-14-32/h3-8,11-14,17-26H,1-2,9-10,15-16,27-28H2,(H,39,41)(H,40,42)/b37-25+,38-26+. The number of hydrogen-bond donors (Lipinski definition) is 2. The van der Waals surface area contributed by atoms with Gasteiger partial charge in [0.25, 0.3) is 0 Å². The van der Waals surface area contributed by atoms with Gasteiger partial charge in [-0.3, -0.25) is 9.59 Å². The van der Waals surface area contributed by atoms with Gasteiger partial charge in [0.05, 0.1) is 12.4 Å². The molecule has 4 rings (SSSR count). The molecule has 0 radical (unpaired) electrons. The van der Waals surface area contributed by atoms with Crippen LogP contribution in [0.15, 0.2) is 119 Å².